The first kappa shape index (κ1) is 28.1. The first-order chi connectivity index (χ1) is 19.7. The predicted octanol–water partition coefficient (Wildman–Crippen LogP) is 4.67. The van der Waals surface area contributed by atoms with Gasteiger partial charge in [-0.05, 0) is 61.4 Å². The lowest BCUT2D eigenvalue weighted by Crippen LogP contribution is -2.58. The molecule has 4 aromatic rings. The number of nitrogens with zero attached hydrogens (tertiary/aromatic N) is 3. The van der Waals surface area contributed by atoms with Gasteiger partial charge in [0.2, 0.25) is 12.0 Å². The van der Waals surface area contributed by atoms with Crippen molar-refractivity contribution in [2.45, 2.75) is 32.0 Å². The summed E-state index contributed by atoms with van der Waals surface area (Å²) in [4.78, 5) is 37.1. The number of carboxylic acid groups (broad SMARTS) is 1. The SMILES string of the molecule is COc1ccc(CN2C(=O)CNC(c3ccccc3)(C(Oc3nc(C)cc(C)n3)C(=O)O)c3cc(Cl)ccc32)cc1. The van der Waals surface area contributed by atoms with Crippen molar-refractivity contribution in [2.24, 2.45) is 0 Å². The van der Waals surface area contributed by atoms with Gasteiger partial charge in [0.05, 0.1) is 20.2 Å². The summed E-state index contributed by atoms with van der Waals surface area (Å²) in [6.07, 6.45) is -1.59. The van der Waals surface area contributed by atoms with Crippen molar-refractivity contribution in [3.05, 3.63) is 112 Å². The van der Waals surface area contributed by atoms with Gasteiger partial charge in [-0.3, -0.25) is 10.1 Å². The molecule has 41 heavy (non-hydrogen) atoms. The van der Waals surface area contributed by atoms with Gasteiger partial charge in [-0.1, -0.05) is 54.1 Å². The number of aryl methyl sites for hydroxylation is 2. The number of aliphatic carboxylic acids is 1. The van der Waals surface area contributed by atoms with Crippen LogP contribution in [0.3, 0.4) is 0 Å². The number of nitrogens with one attached hydrogen (secondary N) is 1. The molecule has 9 nitrogen and oxygen atoms in total. The van der Waals surface area contributed by atoms with Crippen molar-refractivity contribution in [3.8, 4) is 11.8 Å². The minimum Gasteiger partial charge on any atom is -0.497 e. The maximum Gasteiger partial charge on any atom is 0.347 e. The van der Waals surface area contributed by atoms with Crippen molar-refractivity contribution in [2.75, 3.05) is 18.6 Å². The molecule has 2 heterocycles. The zero-order valence-corrected chi connectivity index (χ0v) is 23.6. The van der Waals surface area contributed by atoms with E-state index in [1.165, 1.54) is 0 Å². The highest BCUT2D eigenvalue weighted by Gasteiger charge is 2.52. The number of hydrogen-bond donors (Lipinski definition) is 2. The molecule has 10 heteroatoms. The van der Waals surface area contributed by atoms with E-state index in [0.29, 0.717) is 39.0 Å². The van der Waals surface area contributed by atoms with Gasteiger partial charge in [0.1, 0.15) is 11.3 Å². The van der Waals surface area contributed by atoms with Gasteiger partial charge >= 0.3 is 12.0 Å². The van der Waals surface area contributed by atoms with Gasteiger partial charge in [0.15, 0.2) is 0 Å². The zero-order chi connectivity index (χ0) is 29.1. The molecule has 0 saturated carbocycles. The summed E-state index contributed by atoms with van der Waals surface area (Å²) in [5, 5.41) is 14.3. The Morgan fingerprint density at radius 1 is 1.05 bits per heavy atom. The van der Waals surface area contributed by atoms with E-state index >= 15 is 0 Å². The predicted molar refractivity (Wildman–Crippen MR) is 154 cm³/mol. The summed E-state index contributed by atoms with van der Waals surface area (Å²) in [5.74, 6) is -0.831. The number of carbonyl (C=O) groups excluding carboxylic acids is 1. The van der Waals surface area contributed by atoms with Crippen molar-refractivity contribution >= 4 is 29.2 Å². The number of anilines is 1. The van der Waals surface area contributed by atoms with Crippen LogP contribution in [0.5, 0.6) is 11.8 Å². The van der Waals surface area contributed by atoms with Crippen LogP contribution in [0.25, 0.3) is 0 Å². The number of halogens is 1. The second-order valence-corrected chi connectivity index (χ2v) is 10.2. The molecule has 210 valence electrons. The van der Waals surface area contributed by atoms with Crippen molar-refractivity contribution in [1.29, 1.82) is 0 Å². The number of methoxy groups -OCH3 is 1. The topological polar surface area (TPSA) is 114 Å². The molecule has 2 unspecified atom stereocenters. The van der Waals surface area contributed by atoms with Gasteiger partial charge in [-0.15, -0.1) is 0 Å². The van der Waals surface area contributed by atoms with Crippen LogP contribution in [0.1, 0.15) is 28.1 Å². The molecule has 0 fully saturated rings. The monoisotopic (exact) mass is 572 g/mol. The third-order valence-electron chi connectivity index (χ3n) is 7.03. The fourth-order valence-corrected chi connectivity index (χ4v) is 5.38. The molecule has 0 radical (unpaired) electrons. The van der Waals surface area contributed by atoms with Gasteiger partial charge < -0.3 is 19.5 Å². The van der Waals surface area contributed by atoms with Crippen LogP contribution in [0, 0.1) is 13.8 Å². The number of carboxylic acids is 1. The van der Waals surface area contributed by atoms with Gasteiger partial charge in [0.25, 0.3) is 0 Å². The fraction of sp³-hybridized carbons (Fsp3) is 0.226. The van der Waals surface area contributed by atoms with E-state index in [0.717, 1.165) is 5.56 Å². The van der Waals surface area contributed by atoms with E-state index < -0.39 is 17.6 Å². The van der Waals surface area contributed by atoms with Gasteiger partial charge in [-0.25, -0.2) is 14.8 Å². The van der Waals surface area contributed by atoms with E-state index in [9.17, 15) is 14.7 Å². The summed E-state index contributed by atoms with van der Waals surface area (Å²) in [6, 6.07) is 23.2. The molecule has 1 aliphatic rings. The summed E-state index contributed by atoms with van der Waals surface area (Å²) in [7, 11) is 1.59. The Bertz CT molecular complexity index is 1560. The Morgan fingerprint density at radius 3 is 2.37 bits per heavy atom. The lowest BCUT2D eigenvalue weighted by molar-refractivity contribution is -0.149. The van der Waals surface area contributed by atoms with Gasteiger partial charge in [-0.2, -0.15) is 0 Å². The average Bonchev–Trinajstić information content (AvgIpc) is 3.07. The van der Waals surface area contributed by atoms with Crippen LogP contribution in [0.15, 0.2) is 78.9 Å². The summed E-state index contributed by atoms with van der Waals surface area (Å²) >= 11 is 6.55. The number of fused-ring (bicyclic) bond motifs is 1. The molecule has 3 aromatic carbocycles. The molecule has 0 aliphatic carbocycles. The van der Waals surface area contributed by atoms with Gasteiger partial charge in [0, 0.05) is 27.7 Å². The number of rotatable bonds is 8. The van der Waals surface area contributed by atoms with Crippen molar-refractivity contribution in [1.82, 2.24) is 15.3 Å². The number of amides is 1. The third-order valence-corrected chi connectivity index (χ3v) is 7.26. The molecular formula is C31H29ClN4O5. The minimum absolute atomic E-state index is 0.0822. The fourth-order valence-electron chi connectivity index (χ4n) is 5.21. The molecule has 5 rings (SSSR count). The van der Waals surface area contributed by atoms with E-state index in [4.69, 9.17) is 21.1 Å². The number of aromatic nitrogens is 2. The Labute approximate surface area is 242 Å². The highest BCUT2D eigenvalue weighted by atomic mass is 35.5. The third kappa shape index (κ3) is 5.59. The minimum atomic E-state index is -1.59. The smallest absolute Gasteiger partial charge is 0.347 e. The molecule has 2 atom stereocenters. The number of hydrogen-bond acceptors (Lipinski definition) is 7. The van der Waals surface area contributed by atoms with Crippen LogP contribution in [-0.4, -0.2) is 46.7 Å². The molecule has 0 spiro atoms. The lowest BCUT2D eigenvalue weighted by atomic mass is 9.77. The second-order valence-electron chi connectivity index (χ2n) is 9.79. The van der Waals surface area contributed by atoms with E-state index in [2.05, 4.69) is 15.3 Å². The van der Waals surface area contributed by atoms with Crippen molar-refractivity contribution < 1.29 is 24.2 Å². The Morgan fingerprint density at radius 2 is 1.73 bits per heavy atom. The maximum absolute atomic E-state index is 13.7. The molecule has 1 amide bonds. The lowest BCUT2D eigenvalue weighted by Gasteiger charge is -2.39. The molecule has 1 aromatic heterocycles. The molecular weight excluding hydrogens is 544 g/mol. The first-order valence-electron chi connectivity index (χ1n) is 13.0. The van der Waals surface area contributed by atoms with Crippen LogP contribution in [0.4, 0.5) is 5.69 Å². The maximum atomic E-state index is 13.7. The standard InChI is InChI=1S/C31H29ClN4O5/c1-19-15-20(2)35-30(34-19)41-28(29(38)39)31(22-7-5-4-6-8-22)25-16-23(32)11-14-26(25)36(27(37)17-33-31)18-21-9-12-24(40-3)13-10-21/h4-16,28,33H,17-18H2,1-3H3,(H,38,39). The summed E-state index contributed by atoms with van der Waals surface area (Å²) in [5.41, 5.74) is 2.10. The largest absolute Gasteiger partial charge is 0.497 e. The molecule has 2 N–H and O–H groups in total. The quantitative estimate of drug-likeness (QED) is 0.313. The summed E-state index contributed by atoms with van der Waals surface area (Å²) in [6.45, 7) is 3.61. The van der Waals surface area contributed by atoms with Crippen LogP contribution in [0.2, 0.25) is 5.02 Å². The van der Waals surface area contributed by atoms with E-state index in [1.807, 2.05) is 30.3 Å². The normalized spacial score (nSPS) is 17.4. The number of ether oxygens (including phenoxy) is 2. The van der Waals surface area contributed by atoms with E-state index in [1.54, 1.807) is 74.4 Å². The highest BCUT2D eigenvalue weighted by molar-refractivity contribution is 6.30. The average molecular weight is 573 g/mol. The highest BCUT2D eigenvalue weighted by Crippen LogP contribution is 2.43. The first-order valence-corrected chi connectivity index (χ1v) is 13.3. The molecule has 0 bridgehead atoms. The second kappa shape index (κ2) is 11.6. The Kier molecular flexibility index (Phi) is 7.92. The van der Waals surface area contributed by atoms with Crippen molar-refractivity contribution in [3.63, 3.8) is 0 Å². The summed E-state index contributed by atoms with van der Waals surface area (Å²) < 4.78 is 11.4. The Balaban J connectivity index is 1.72. The zero-order valence-electron chi connectivity index (χ0n) is 22.8. The van der Waals surface area contributed by atoms with Crippen LogP contribution in [-0.2, 0) is 21.7 Å². The van der Waals surface area contributed by atoms with Crippen LogP contribution < -0.4 is 19.7 Å². The number of carbonyl (C=O) groups is 2. The molecule has 0 saturated heterocycles. The Hall–Kier alpha value is -4.47. The van der Waals surface area contributed by atoms with Crippen LogP contribution >= 0.6 is 11.6 Å². The number of benzene rings is 3. The molecule has 1 aliphatic heterocycles. The van der Waals surface area contributed by atoms with E-state index in [-0.39, 0.29) is 25.0 Å².